The Bertz CT molecular complexity index is 799. The Balaban J connectivity index is 1.88. The normalized spacial score (nSPS) is 21.6. The number of nitrogens with zero attached hydrogens (tertiary/aromatic N) is 1. The van der Waals surface area contributed by atoms with Crippen molar-refractivity contribution in [1.82, 2.24) is 0 Å². The van der Waals surface area contributed by atoms with Crippen molar-refractivity contribution in [2.45, 2.75) is 18.4 Å². The quantitative estimate of drug-likeness (QED) is 0.624. The molecule has 6 heteroatoms. The van der Waals surface area contributed by atoms with Crippen LogP contribution in [0.25, 0.3) is 10.4 Å². The van der Waals surface area contributed by atoms with Crippen molar-refractivity contribution in [2.75, 3.05) is 6.61 Å². The second-order valence-electron chi connectivity index (χ2n) is 5.54. The summed E-state index contributed by atoms with van der Waals surface area (Å²) in [4.78, 5) is 16.9. The molecular formula is C16H15N3O2S. The SMILES string of the molecule is NC(N)=NC(=O)c1ccc2c(c1)C1(CCCO1)c1ccsc1-2. The monoisotopic (exact) mass is 313 g/mol. The van der Waals surface area contributed by atoms with E-state index in [1.807, 2.05) is 12.1 Å². The van der Waals surface area contributed by atoms with Crippen LogP contribution in [0.2, 0.25) is 0 Å². The summed E-state index contributed by atoms with van der Waals surface area (Å²) >= 11 is 1.71. The molecule has 0 saturated carbocycles. The average Bonchev–Trinajstić information content (AvgIpc) is 3.19. The van der Waals surface area contributed by atoms with Crippen LogP contribution in [0, 0.1) is 0 Å². The second-order valence-corrected chi connectivity index (χ2v) is 6.46. The fourth-order valence-electron chi connectivity index (χ4n) is 3.44. The Labute approximate surface area is 131 Å². The lowest BCUT2D eigenvalue weighted by molar-refractivity contribution is 0.0399. The fourth-order valence-corrected chi connectivity index (χ4v) is 4.44. The van der Waals surface area contributed by atoms with Gasteiger partial charge in [0.25, 0.3) is 5.91 Å². The number of nitrogens with two attached hydrogens (primary N) is 2. The Morgan fingerprint density at radius 3 is 2.86 bits per heavy atom. The molecule has 112 valence electrons. The minimum Gasteiger partial charge on any atom is -0.370 e. The molecule has 1 aromatic carbocycles. The number of guanidine groups is 1. The first-order valence-electron chi connectivity index (χ1n) is 7.12. The second kappa shape index (κ2) is 4.66. The van der Waals surface area contributed by atoms with Crippen LogP contribution in [0.4, 0.5) is 0 Å². The molecule has 2 heterocycles. The van der Waals surface area contributed by atoms with E-state index in [4.69, 9.17) is 16.2 Å². The van der Waals surface area contributed by atoms with Gasteiger partial charge >= 0.3 is 0 Å². The van der Waals surface area contributed by atoms with Gasteiger partial charge in [0.2, 0.25) is 0 Å². The Kier molecular flexibility index (Phi) is 2.85. The Morgan fingerprint density at radius 2 is 2.14 bits per heavy atom. The van der Waals surface area contributed by atoms with Crippen molar-refractivity contribution in [3.8, 4) is 10.4 Å². The van der Waals surface area contributed by atoms with E-state index < -0.39 is 11.5 Å². The Hall–Kier alpha value is -2.18. The van der Waals surface area contributed by atoms with Crippen molar-refractivity contribution in [1.29, 1.82) is 0 Å². The largest absolute Gasteiger partial charge is 0.370 e. The number of carbonyl (C=O) groups is 1. The molecule has 1 unspecified atom stereocenters. The zero-order valence-corrected chi connectivity index (χ0v) is 12.7. The maximum absolute atomic E-state index is 12.1. The third-order valence-electron chi connectivity index (χ3n) is 4.30. The summed E-state index contributed by atoms with van der Waals surface area (Å²) in [6.07, 6.45) is 1.95. The third-order valence-corrected chi connectivity index (χ3v) is 5.25. The maximum atomic E-state index is 12.1. The summed E-state index contributed by atoms with van der Waals surface area (Å²) in [6.45, 7) is 0.737. The molecule has 4 N–H and O–H groups in total. The molecule has 1 saturated heterocycles. The highest BCUT2D eigenvalue weighted by atomic mass is 32.1. The van der Waals surface area contributed by atoms with Crippen molar-refractivity contribution in [3.63, 3.8) is 0 Å². The van der Waals surface area contributed by atoms with Gasteiger partial charge in [-0.25, -0.2) is 0 Å². The number of thiophene rings is 1. The lowest BCUT2D eigenvalue weighted by atomic mass is 9.88. The molecule has 1 fully saturated rings. The van der Waals surface area contributed by atoms with Gasteiger partial charge in [-0.15, -0.1) is 11.3 Å². The van der Waals surface area contributed by atoms with Crippen LogP contribution in [0.1, 0.15) is 34.3 Å². The zero-order valence-electron chi connectivity index (χ0n) is 11.8. The van der Waals surface area contributed by atoms with Gasteiger partial charge in [-0.05, 0) is 47.5 Å². The van der Waals surface area contributed by atoms with Crippen LogP contribution in [-0.4, -0.2) is 18.5 Å². The molecule has 1 aromatic heterocycles. The van der Waals surface area contributed by atoms with Crippen LogP contribution < -0.4 is 11.5 Å². The van der Waals surface area contributed by atoms with E-state index in [-0.39, 0.29) is 5.96 Å². The zero-order chi connectivity index (χ0) is 15.3. The van der Waals surface area contributed by atoms with Crippen LogP contribution in [0.3, 0.4) is 0 Å². The lowest BCUT2D eigenvalue weighted by Gasteiger charge is -2.25. The molecule has 1 spiro atoms. The van der Waals surface area contributed by atoms with Crippen LogP contribution in [0.5, 0.6) is 0 Å². The minimum absolute atomic E-state index is 0.226. The third kappa shape index (κ3) is 1.74. The van der Waals surface area contributed by atoms with Crippen molar-refractivity contribution in [3.05, 3.63) is 46.3 Å². The molecule has 22 heavy (non-hydrogen) atoms. The molecule has 1 atom stereocenters. The van der Waals surface area contributed by atoms with E-state index in [1.165, 1.54) is 10.4 Å². The van der Waals surface area contributed by atoms with E-state index in [0.717, 1.165) is 30.6 Å². The van der Waals surface area contributed by atoms with Crippen molar-refractivity contribution >= 4 is 23.2 Å². The van der Waals surface area contributed by atoms with E-state index >= 15 is 0 Å². The summed E-state index contributed by atoms with van der Waals surface area (Å²) < 4.78 is 6.14. The van der Waals surface area contributed by atoms with Gasteiger partial charge in [0.15, 0.2) is 5.96 Å². The summed E-state index contributed by atoms with van der Waals surface area (Å²) in [5, 5.41) is 2.09. The van der Waals surface area contributed by atoms with Gasteiger partial charge in [0.05, 0.1) is 0 Å². The molecule has 5 nitrogen and oxygen atoms in total. The van der Waals surface area contributed by atoms with Gasteiger partial charge in [0, 0.05) is 22.6 Å². The molecule has 1 aliphatic carbocycles. The van der Waals surface area contributed by atoms with Crippen molar-refractivity contribution < 1.29 is 9.53 Å². The number of fused-ring (bicyclic) bond motifs is 5. The molecule has 2 aromatic rings. The minimum atomic E-state index is -0.425. The molecule has 2 aliphatic rings. The van der Waals surface area contributed by atoms with Crippen LogP contribution in [-0.2, 0) is 10.3 Å². The summed E-state index contributed by atoms with van der Waals surface area (Å²) in [5.74, 6) is -0.650. The van der Waals surface area contributed by atoms with Gasteiger partial charge in [-0.2, -0.15) is 4.99 Å². The van der Waals surface area contributed by atoms with E-state index in [0.29, 0.717) is 5.56 Å². The summed E-state index contributed by atoms with van der Waals surface area (Å²) in [7, 11) is 0. The van der Waals surface area contributed by atoms with Gasteiger partial charge < -0.3 is 16.2 Å². The first-order chi connectivity index (χ1) is 10.6. The highest BCUT2D eigenvalue weighted by molar-refractivity contribution is 7.13. The predicted octanol–water partition coefficient (Wildman–Crippen LogP) is 2.20. The number of ether oxygens (including phenoxy) is 1. The molecular weight excluding hydrogens is 298 g/mol. The molecule has 0 bridgehead atoms. The standard InChI is InChI=1S/C16H15N3O2S/c17-15(18)19-14(20)9-2-3-10-12(8-9)16(5-1-6-21-16)11-4-7-22-13(10)11/h2-4,7-8H,1,5-6H2,(H4,17,18,19,20). The van der Waals surface area contributed by atoms with E-state index in [9.17, 15) is 4.79 Å². The van der Waals surface area contributed by atoms with Crippen molar-refractivity contribution in [2.24, 2.45) is 16.5 Å². The summed E-state index contributed by atoms with van der Waals surface area (Å²) in [5.41, 5.74) is 14.1. The maximum Gasteiger partial charge on any atom is 0.280 e. The molecule has 1 aliphatic heterocycles. The topological polar surface area (TPSA) is 90.7 Å². The highest BCUT2D eigenvalue weighted by Gasteiger charge is 2.47. The van der Waals surface area contributed by atoms with Gasteiger partial charge in [-0.3, -0.25) is 4.79 Å². The number of amides is 1. The number of aliphatic imine (C=N–C) groups is 1. The summed E-state index contributed by atoms with van der Waals surface area (Å²) in [6, 6.07) is 7.74. The molecule has 0 radical (unpaired) electrons. The van der Waals surface area contributed by atoms with E-state index in [2.05, 4.69) is 16.4 Å². The Morgan fingerprint density at radius 1 is 1.27 bits per heavy atom. The first kappa shape index (κ1) is 13.5. The number of hydrogen-bond donors (Lipinski definition) is 2. The number of rotatable bonds is 1. The average molecular weight is 313 g/mol. The van der Waals surface area contributed by atoms with Gasteiger partial charge in [0.1, 0.15) is 5.60 Å². The number of benzene rings is 1. The number of carbonyl (C=O) groups excluding carboxylic acids is 1. The molecule has 4 rings (SSSR count). The van der Waals surface area contributed by atoms with E-state index in [1.54, 1.807) is 17.4 Å². The van der Waals surface area contributed by atoms with Crippen LogP contribution >= 0.6 is 11.3 Å². The smallest absolute Gasteiger partial charge is 0.280 e. The highest BCUT2D eigenvalue weighted by Crippen LogP contribution is 2.56. The first-order valence-corrected chi connectivity index (χ1v) is 8.00. The fraction of sp³-hybridized carbons (Fsp3) is 0.250. The van der Waals surface area contributed by atoms with Crippen LogP contribution in [0.15, 0.2) is 34.6 Å². The molecule has 1 amide bonds. The predicted molar refractivity (Wildman–Crippen MR) is 85.9 cm³/mol. The number of hydrogen-bond acceptors (Lipinski definition) is 3. The lowest BCUT2D eigenvalue weighted by Crippen LogP contribution is -2.25. The van der Waals surface area contributed by atoms with Gasteiger partial charge in [-0.1, -0.05) is 6.07 Å².